The molecule has 17 aromatic rings. The lowest BCUT2D eigenvalue weighted by Crippen LogP contribution is -1.98. The van der Waals surface area contributed by atoms with Gasteiger partial charge in [-0.1, -0.05) is 237 Å². The minimum absolute atomic E-state index is 0.593. The van der Waals surface area contributed by atoms with Gasteiger partial charge in [0, 0.05) is 21.9 Å². The van der Waals surface area contributed by atoms with Gasteiger partial charge in [-0.2, -0.15) is 10.5 Å². The first-order valence-electron chi connectivity index (χ1n) is 31.1. The topological polar surface area (TPSA) is 66.0 Å². The molecular weight excluding hydrogens is 1120 g/mol. The third-order valence-corrected chi connectivity index (χ3v) is 19.0. The van der Waals surface area contributed by atoms with Crippen LogP contribution in [0.4, 0.5) is 0 Å². The van der Waals surface area contributed by atoms with Gasteiger partial charge >= 0.3 is 0 Å². The third kappa shape index (κ3) is 8.36. The van der Waals surface area contributed by atoms with Gasteiger partial charge in [0.25, 0.3) is 0 Å². The van der Waals surface area contributed by atoms with Crippen molar-refractivity contribution in [2.24, 2.45) is 0 Å². The van der Waals surface area contributed by atoms with Crippen molar-refractivity contribution < 1.29 is 9.47 Å². The Labute approximate surface area is 530 Å². The van der Waals surface area contributed by atoms with Crippen LogP contribution < -0.4 is 9.47 Å². The van der Waals surface area contributed by atoms with E-state index in [9.17, 15) is 10.5 Å². The summed E-state index contributed by atoms with van der Waals surface area (Å²) in [6.07, 6.45) is 0. The summed E-state index contributed by atoms with van der Waals surface area (Å²) < 4.78 is 12.7. The second kappa shape index (κ2) is 21.0. The zero-order chi connectivity index (χ0) is 61.0. The Morgan fingerprint density at radius 2 is 0.543 bits per heavy atom. The van der Waals surface area contributed by atoms with Crippen LogP contribution in [0.5, 0.6) is 23.0 Å². The maximum atomic E-state index is 9.43. The standard InChI is InChI=1S/C47H27NO.C41H23NO/c48-28-29-17-22-38-40-16-8-15-39-33(23-24-45(47(39)40)49-46(38)25-29)31-18-20-32(21-19-31)42-27-44-36-13-6-4-11-34(36)41(30-9-2-1-3-10-30)26-43(44)37-14-7-5-12-35(37)42;42-24-25-12-18-34-36-11-5-10-35-30(20-21-39(41(35)36)43-40(34)22-25)27-13-15-28(16-14-27)37-23-38-29-7-2-1-6-26(29)17-19-33(38)31-8-3-4-9-32(31)37/h1-27H;1-23H. The molecule has 0 saturated carbocycles. The van der Waals surface area contributed by atoms with E-state index in [0.29, 0.717) is 11.1 Å². The van der Waals surface area contributed by atoms with Crippen molar-refractivity contribution in [1.82, 2.24) is 0 Å². The molecule has 0 radical (unpaired) electrons. The number of rotatable bonds is 5. The second-order valence-corrected chi connectivity index (χ2v) is 23.9. The molecule has 4 nitrogen and oxygen atoms in total. The van der Waals surface area contributed by atoms with Crippen LogP contribution in [-0.4, -0.2) is 0 Å². The predicted molar refractivity (Wildman–Crippen MR) is 381 cm³/mol. The first-order chi connectivity index (χ1) is 45.5. The molecular formula is C88H50N2O2. The maximum Gasteiger partial charge on any atom is 0.136 e. The number of hydrogen-bond donors (Lipinski definition) is 0. The highest BCUT2D eigenvalue weighted by Crippen LogP contribution is 2.52. The van der Waals surface area contributed by atoms with Crippen molar-refractivity contribution in [3.8, 4) is 113 Å². The predicted octanol–water partition coefficient (Wildman–Crippen LogP) is 24.2. The zero-order valence-corrected chi connectivity index (χ0v) is 49.6. The molecule has 0 aliphatic carbocycles. The summed E-state index contributed by atoms with van der Waals surface area (Å²) in [5, 5.41) is 38.5. The summed E-state index contributed by atoms with van der Waals surface area (Å²) in [5.41, 5.74) is 17.5. The fourth-order valence-corrected chi connectivity index (χ4v) is 14.7. The molecule has 0 saturated heterocycles. The van der Waals surface area contributed by atoms with E-state index in [-0.39, 0.29) is 0 Å². The highest BCUT2D eigenvalue weighted by molar-refractivity contribution is 6.25. The van der Waals surface area contributed by atoms with Crippen LogP contribution in [0.25, 0.3) is 164 Å². The first-order valence-corrected chi connectivity index (χ1v) is 31.1. The lowest BCUT2D eigenvalue weighted by Gasteiger charge is -2.22. The Hall–Kier alpha value is -12.6. The molecule has 0 spiro atoms. The van der Waals surface area contributed by atoms with Crippen molar-refractivity contribution in [3.05, 3.63) is 314 Å². The molecule has 0 fully saturated rings. The van der Waals surface area contributed by atoms with E-state index in [0.717, 1.165) is 83.5 Å². The van der Waals surface area contributed by atoms with E-state index in [1.807, 2.05) is 36.4 Å². The zero-order valence-electron chi connectivity index (χ0n) is 49.6. The van der Waals surface area contributed by atoms with Crippen LogP contribution in [0.1, 0.15) is 11.1 Å². The summed E-state index contributed by atoms with van der Waals surface area (Å²) in [6.45, 7) is 0. The lowest BCUT2D eigenvalue weighted by molar-refractivity contribution is 0.486. The Morgan fingerprint density at radius 1 is 0.196 bits per heavy atom. The molecule has 0 atom stereocenters. The Balaban J connectivity index is 0.000000137. The summed E-state index contributed by atoms with van der Waals surface area (Å²) in [4.78, 5) is 0. The van der Waals surface area contributed by atoms with Gasteiger partial charge in [0.05, 0.1) is 23.3 Å². The molecule has 0 amide bonds. The lowest BCUT2D eigenvalue weighted by atomic mass is 9.87. The highest BCUT2D eigenvalue weighted by atomic mass is 16.5. The summed E-state index contributed by atoms with van der Waals surface area (Å²) in [7, 11) is 0. The van der Waals surface area contributed by atoms with Gasteiger partial charge in [-0.3, -0.25) is 0 Å². The van der Waals surface area contributed by atoms with Gasteiger partial charge in [-0.15, -0.1) is 0 Å². The van der Waals surface area contributed by atoms with Crippen LogP contribution in [0, 0.1) is 22.7 Å². The van der Waals surface area contributed by atoms with Gasteiger partial charge in [0.1, 0.15) is 23.0 Å². The third-order valence-electron chi connectivity index (χ3n) is 19.0. The number of hydrogen-bond acceptors (Lipinski definition) is 4. The van der Waals surface area contributed by atoms with Crippen LogP contribution in [0.15, 0.2) is 303 Å². The summed E-state index contributed by atoms with van der Waals surface area (Å²) in [5.74, 6) is 3.09. The van der Waals surface area contributed by atoms with E-state index in [1.165, 1.54) is 104 Å². The molecule has 2 heterocycles. The minimum atomic E-state index is 0.593. The van der Waals surface area contributed by atoms with E-state index < -0.39 is 0 Å². The van der Waals surface area contributed by atoms with Crippen LogP contribution >= 0.6 is 0 Å². The Bertz CT molecular complexity index is 6070. The minimum Gasteiger partial charge on any atom is -0.456 e. The molecule has 92 heavy (non-hydrogen) atoms. The molecule has 19 rings (SSSR count). The number of fused-ring (bicyclic) bond motifs is 14. The number of ether oxygens (including phenoxy) is 2. The number of nitriles is 2. The smallest absolute Gasteiger partial charge is 0.136 e. The van der Waals surface area contributed by atoms with E-state index in [4.69, 9.17) is 9.47 Å². The molecule has 0 N–H and O–H groups in total. The van der Waals surface area contributed by atoms with Gasteiger partial charge in [0.15, 0.2) is 0 Å². The molecule has 17 aromatic carbocycles. The average Bonchev–Trinajstić information content (AvgIpc) is 0.925. The first kappa shape index (κ1) is 52.5. The van der Waals surface area contributed by atoms with E-state index in [1.54, 1.807) is 0 Å². The average molecular weight is 1170 g/mol. The van der Waals surface area contributed by atoms with E-state index in [2.05, 4.69) is 279 Å². The summed E-state index contributed by atoms with van der Waals surface area (Å²) >= 11 is 0. The molecule has 0 aromatic heterocycles. The fraction of sp³-hybridized carbons (Fsp3) is 0. The Kier molecular flexibility index (Phi) is 12.0. The van der Waals surface area contributed by atoms with Crippen LogP contribution in [0.2, 0.25) is 0 Å². The van der Waals surface area contributed by atoms with Crippen LogP contribution in [0.3, 0.4) is 0 Å². The molecule has 0 unspecified atom stereocenters. The highest BCUT2D eigenvalue weighted by Gasteiger charge is 2.25. The summed E-state index contributed by atoms with van der Waals surface area (Å²) in [6, 6.07) is 112. The van der Waals surface area contributed by atoms with E-state index >= 15 is 0 Å². The molecule has 4 heteroatoms. The number of benzene rings is 17. The van der Waals surface area contributed by atoms with Gasteiger partial charge in [-0.25, -0.2) is 0 Å². The fourth-order valence-electron chi connectivity index (χ4n) is 14.7. The monoisotopic (exact) mass is 1170 g/mol. The quantitative estimate of drug-likeness (QED) is 0.161. The Morgan fingerprint density at radius 3 is 1.00 bits per heavy atom. The van der Waals surface area contributed by atoms with Crippen molar-refractivity contribution in [2.75, 3.05) is 0 Å². The van der Waals surface area contributed by atoms with Crippen molar-refractivity contribution in [1.29, 1.82) is 10.5 Å². The SMILES string of the molecule is N#Cc1ccc2c(c1)Oc1ccc(-c3ccc(-c4cc5c6ccccc6c(-c6ccccc6)cc5c5ccccc45)cc3)c3cccc-2c13.N#Cc1ccc2c(c1)Oc1ccc(-c3ccc(-c4cc5c6ccccc6ccc5c5ccccc45)cc3)c3cccc-2c13. The molecule has 2 aliphatic heterocycles. The number of nitrogens with zero attached hydrogens (tertiary/aromatic N) is 2. The second-order valence-electron chi connectivity index (χ2n) is 23.9. The van der Waals surface area contributed by atoms with Gasteiger partial charge in [0.2, 0.25) is 0 Å². The van der Waals surface area contributed by atoms with Crippen molar-refractivity contribution in [3.63, 3.8) is 0 Å². The van der Waals surface area contributed by atoms with Gasteiger partial charge < -0.3 is 9.47 Å². The maximum absolute atomic E-state index is 9.43. The van der Waals surface area contributed by atoms with Crippen molar-refractivity contribution in [2.45, 2.75) is 0 Å². The van der Waals surface area contributed by atoms with Crippen LogP contribution in [-0.2, 0) is 0 Å². The molecule has 0 bridgehead atoms. The normalized spacial score (nSPS) is 11.8. The van der Waals surface area contributed by atoms with Gasteiger partial charge in [-0.05, 0) is 209 Å². The van der Waals surface area contributed by atoms with Crippen molar-refractivity contribution >= 4 is 86.2 Å². The molecule has 2 aliphatic rings. The largest absolute Gasteiger partial charge is 0.456 e. The molecule has 424 valence electrons.